The van der Waals surface area contributed by atoms with Crippen molar-refractivity contribution in [2.24, 2.45) is 0 Å². The third-order valence-electron chi connectivity index (χ3n) is 6.12. The molecular formula is C28H17ClN6O2. The van der Waals surface area contributed by atoms with Crippen LogP contribution in [0.2, 0.25) is 5.02 Å². The van der Waals surface area contributed by atoms with E-state index in [0.717, 1.165) is 9.95 Å². The molecule has 0 aliphatic rings. The molecule has 0 aliphatic heterocycles. The number of terminal acetylenes is 1. The van der Waals surface area contributed by atoms with Gasteiger partial charge in [-0.3, -0.25) is 14.3 Å². The standard InChI is InChI=1S/C28H17ClN6O2/c1-2-14-33-25(18-9-7-10-20(29)15-18)26(35-23-13-6-5-12-22(23)31-32-35)27(36)34(28(33)37)24-17-30-16-19-8-3-4-11-21(19)24/h1,3-13,15-17H,14H2. The minimum atomic E-state index is -0.607. The molecule has 6 rings (SSSR count). The molecule has 178 valence electrons. The summed E-state index contributed by atoms with van der Waals surface area (Å²) >= 11 is 6.31. The normalized spacial score (nSPS) is 11.1. The van der Waals surface area contributed by atoms with Gasteiger partial charge in [-0.2, -0.15) is 0 Å². The molecule has 0 radical (unpaired) electrons. The lowest BCUT2D eigenvalue weighted by Gasteiger charge is -2.19. The molecule has 0 N–H and O–H groups in total. The molecule has 0 fully saturated rings. The minimum absolute atomic E-state index is 0.0984. The summed E-state index contributed by atoms with van der Waals surface area (Å²) in [5.41, 5.74) is 1.25. The molecule has 0 spiro atoms. The molecule has 3 aromatic heterocycles. The number of aromatic nitrogens is 6. The quantitative estimate of drug-likeness (QED) is 0.335. The van der Waals surface area contributed by atoms with E-state index in [4.69, 9.17) is 18.0 Å². The SMILES string of the molecule is C#CCn1c(-c2cccc(Cl)c2)c(-n2nnc3ccccc32)c(=O)n(-c2cncc3ccccc23)c1=O. The fourth-order valence-electron chi connectivity index (χ4n) is 4.52. The topological polar surface area (TPSA) is 87.6 Å². The maximum absolute atomic E-state index is 14.4. The van der Waals surface area contributed by atoms with E-state index in [2.05, 4.69) is 21.2 Å². The van der Waals surface area contributed by atoms with Gasteiger partial charge >= 0.3 is 5.69 Å². The number of pyridine rings is 1. The van der Waals surface area contributed by atoms with Gasteiger partial charge in [0.05, 0.1) is 29.6 Å². The first-order valence-corrected chi connectivity index (χ1v) is 11.7. The Labute approximate surface area is 215 Å². The third-order valence-corrected chi connectivity index (χ3v) is 6.36. The number of benzene rings is 3. The first kappa shape index (κ1) is 22.5. The average molecular weight is 505 g/mol. The molecule has 6 aromatic rings. The van der Waals surface area contributed by atoms with Crippen LogP contribution in [0.4, 0.5) is 0 Å². The van der Waals surface area contributed by atoms with E-state index >= 15 is 0 Å². The van der Waals surface area contributed by atoms with Crippen LogP contribution in [0.15, 0.2) is 94.8 Å². The zero-order valence-electron chi connectivity index (χ0n) is 19.2. The van der Waals surface area contributed by atoms with Gasteiger partial charge in [-0.05, 0) is 24.3 Å². The van der Waals surface area contributed by atoms with Crippen molar-refractivity contribution in [3.8, 4) is 35.0 Å². The predicted molar refractivity (Wildman–Crippen MR) is 143 cm³/mol. The number of halogens is 1. The Morgan fingerprint density at radius 2 is 1.76 bits per heavy atom. The Morgan fingerprint density at radius 3 is 2.59 bits per heavy atom. The number of para-hydroxylation sites is 1. The largest absolute Gasteiger partial charge is 0.337 e. The second-order valence-electron chi connectivity index (χ2n) is 8.29. The second-order valence-corrected chi connectivity index (χ2v) is 8.73. The number of fused-ring (bicyclic) bond motifs is 2. The van der Waals surface area contributed by atoms with Gasteiger partial charge in [0.25, 0.3) is 5.56 Å². The van der Waals surface area contributed by atoms with Gasteiger partial charge < -0.3 is 0 Å². The van der Waals surface area contributed by atoms with E-state index in [1.807, 2.05) is 36.4 Å². The molecule has 0 aliphatic carbocycles. The Kier molecular flexibility index (Phi) is 5.40. The van der Waals surface area contributed by atoms with E-state index in [1.54, 1.807) is 42.6 Å². The molecule has 9 heteroatoms. The molecule has 0 saturated heterocycles. The lowest BCUT2D eigenvalue weighted by molar-refractivity contribution is 0.688. The van der Waals surface area contributed by atoms with Crippen LogP contribution in [0.1, 0.15) is 0 Å². The van der Waals surface area contributed by atoms with Gasteiger partial charge in [0.1, 0.15) is 5.52 Å². The summed E-state index contributed by atoms with van der Waals surface area (Å²) in [6, 6.07) is 21.5. The number of nitrogens with zero attached hydrogens (tertiary/aromatic N) is 6. The summed E-state index contributed by atoms with van der Waals surface area (Å²) in [5, 5.41) is 10.4. The summed E-state index contributed by atoms with van der Waals surface area (Å²) in [5.74, 6) is 2.55. The van der Waals surface area contributed by atoms with Crippen LogP contribution in [0.5, 0.6) is 0 Å². The van der Waals surface area contributed by atoms with E-state index in [1.165, 1.54) is 15.4 Å². The van der Waals surface area contributed by atoms with E-state index in [-0.39, 0.29) is 17.9 Å². The highest BCUT2D eigenvalue weighted by Gasteiger charge is 2.25. The van der Waals surface area contributed by atoms with Crippen molar-refractivity contribution < 1.29 is 0 Å². The lowest BCUT2D eigenvalue weighted by atomic mass is 10.1. The van der Waals surface area contributed by atoms with Gasteiger partial charge in [0.2, 0.25) is 0 Å². The van der Waals surface area contributed by atoms with Crippen molar-refractivity contribution in [3.05, 3.63) is 111 Å². The monoisotopic (exact) mass is 504 g/mol. The smallest absolute Gasteiger partial charge is 0.279 e. The van der Waals surface area contributed by atoms with Crippen LogP contribution in [0.3, 0.4) is 0 Å². The Balaban J connectivity index is 1.83. The van der Waals surface area contributed by atoms with Crippen LogP contribution in [0, 0.1) is 12.3 Å². The first-order valence-electron chi connectivity index (χ1n) is 11.3. The molecule has 3 heterocycles. The number of hydrogen-bond acceptors (Lipinski definition) is 5. The number of hydrogen-bond donors (Lipinski definition) is 0. The van der Waals surface area contributed by atoms with Gasteiger partial charge in [-0.25, -0.2) is 14.0 Å². The molecule has 8 nitrogen and oxygen atoms in total. The van der Waals surface area contributed by atoms with Crippen molar-refractivity contribution in [1.82, 2.24) is 29.1 Å². The zero-order valence-corrected chi connectivity index (χ0v) is 20.0. The fourth-order valence-corrected chi connectivity index (χ4v) is 4.71. The highest BCUT2D eigenvalue weighted by atomic mass is 35.5. The number of rotatable bonds is 4. The molecule has 37 heavy (non-hydrogen) atoms. The van der Waals surface area contributed by atoms with Gasteiger partial charge in [-0.1, -0.05) is 71.3 Å². The van der Waals surface area contributed by atoms with Gasteiger partial charge in [0.15, 0.2) is 5.69 Å². The third kappa shape index (κ3) is 3.61. The predicted octanol–water partition coefficient (Wildman–Crippen LogP) is 4.23. The average Bonchev–Trinajstić information content (AvgIpc) is 3.34. The molecule has 0 amide bonds. The Hall–Kier alpha value is -5.00. The van der Waals surface area contributed by atoms with Crippen molar-refractivity contribution >= 4 is 33.4 Å². The summed E-state index contributed by atoms with van der Waals surface area (Å²) in [7, 11) is 0. The van der Waals surface area contributed by atoms with Gasteiger partial charge in [-0.15, -0.1) is 11.5 Å². The van der Waals surface area contributed by atoms with Crippen LogP contribution < -0.4 is 11.2 Å². The molecule has 0 atom stereocenters. The maximum atomic E-state index is 14.4. The maximum Gasteiger partial charge on any atom is 0.337 e. The molecule has 0 saturated carbocycles. The van der Waals surface area contributed by atoms with Crippen molar-refractivity contribution in [3.63, 3.8) is 0 Å². The van der Waals surface area contributed by atoms with Crippen molar-refractivity contribution in [2.45, 2.75) is 6.54 Å². The van der Waals surface area contributed by atoms with Crippen LogP contribution >= 0.6 is 11.6 Å². The molecule has 3 aromatic carbocycles. The second kappa shape index (κ2) is 8.90. The van der Waals surface area contributed by atoms with Crippen LogP contribution in [-0.2, 0) is 6.54 Å². The summed E-state index contributed by atoms with van der Waals surface area (Å²) in [4.78, 5) is 32.7. The molecule has 0 bridgehead atoms. The Bertz CT molecular complexity index is 1990. The highest BCUT2D eigenvalue weighted by molar-refractivity contribution is 6.30. The summed E-state index contributed by atoms with van der Waals surface area (Å²) < 4.78 is 3.91. The van der Waals surface area contributed by atoms with E-state index in [0.29, 0.717) is 32.7 Å². The fraction of sp³-hybridized carbons (Fsp3) is 0.0357. The van der Waals surface area contributed by atoms with E-state index in [9.17, 15) is 9.59 Å². The minimum Gasteiger partial charge on any atom is -0.279 e. The molecular weight excluding hydrogens is 488 g/mol. The summed E-state index contributed by atoms with van der Waals surface area (Å²) in [6.07, 6.45) is 8.88. The first-order chi connectivity index (χ1) is 18.1. The van der Waals surface area contributed by atoms with E-state index < -0.39 is 11.2 Å². The van der Waals surface area contributed by atoms with Crippen LogP contribution in [0.25, 0.3) is 44.4 Å². The van der Waals surface area contributed by atoms with Crippen molar-refractivity contribution in [1.29, 1.82) is 0 Å². The van der Waals surface area contributed by atoms with Crippen LogP contribution in [-0.4, -0.2) is 29.1 Å². The highest BCUT2D eigenvalue weighted by Crippen LogP contribution is 2.28. The lowest BCUT2D eigenvalue weighted by Crippen LogP contribution is -2.42. The van der Waals surface area contributed by atoms with Gasteiger partial charge in [0, 0.05) is 27.6 Å². The zero-order chi connectivity index (χ0) is 25.5. The Morgan fingerprint density at radius 1 is 0.946 bits per heavy atom. The summed E-state index contributed by atoms with van der Waals surface area (Å²) in [6.45, 7) is -0.0984. The molecule has 0 unspecified atom stereocenters. The van der Waals surface area contributed by atoms with Crippen molar-refractivity contribution in [2.75, 3.05) is 0 Å².